The minimum absolute atomic E-state index is 0.0652. The van der Waals surface area contributed by atoms with E-state index in [-0.39, 0.29) is 11.9 Å². The maximum absolute atomic E-state index is 11.7. The van der Waals surface area contributed by atoms with Crippen LogP contribution in [0.2, 0.25) is 0 Å². The molecule has 1 saturated heterocycles. The Labute approximate surface area is 80.4 Å². The van der Waals surface area contributed by atoms with Crippen molar-refractivity contribution < 1.29 is 4.79 Å². The molecule has 1 atom stereocenters. The van der Waals surface area contributed by atoms with Crippen molar-refractivity contribution in [3.05, 3.63) is 16.6 Å². The molecule has 1 aliphatic rings. The number of carbonyl (C=O) groups is 1. The summed E-state index contributed by atoms with van der Waals surface area (Å²) in [5, 5.41) is 0. The molecule has 4 nitrogen and oxygen atoms in total. The van der Waals surface area contributed by atoms with Crippen LogP contribution in [0.1, 0.15) is 16.1 Å². The SMILES string of the molecule is N[C@H]1CCN(C(=O)c2cncs2)C1. The monoisotopic (exact) mass is 197 g/mol. The summed E-state index contributed by atoms with van der Waals surface area (Å²) in [4.78, 5) is 18.1. The largest absolute Gasteiger partial charge is 0.336 e. The summed E-state index contributed by atoms with van der Waals surface area (Å²) in [6, 6.07) is 0.150. The standard InChI is InChI=1S/C8H11N3OS/c9-6-1-2-11(4-6)8(12)7-3-10-5-13-7/h3,5-6H,1-2,4,9H2/t6-/m0/s1. The number of nitrogens with two attached hydrogens (primary N) is 1. The second-order valence-electron chi connectivity index (χ2n) is 3.17. The highest BCUT2D eigenvalue weighted by Crippen LogP contribution is 2.14. The highest BCUT2D eigenvalue weighted by Gasteiger charge is 2.24. The van der Waals surface area contributed by atoms with Crippen molar-refractivity contribution in [1.29, 1.82) is 0 Å². The Morgan fingerprint density at radius 3 is 3.15 bits per heavy atom. The molecule has 1 aromatic rings. The molecular weight excluding hydrogens is 186 g/mol. The quantitative estimate of drug-likeness (QED) is 0.705. The first kappa shape index (κ1) is 8.65. The van der Waals surface area contributed by atoms with E-state index >= 15 is 0 Å². The molecule has 2 rings (SSSR count). The highest BCUT2D eigenvalue weighted by molar-refractivity contribution is 7.11. The molecule has 0 bridgehead atoms. The van der Waals surface area contributed by atoms with Crippen molar-refractivity contribution >= 4 is 17.2 Å². The fraction of sp³-hybridized carbons (Fsp3) is 0.500. The average molecular weight is 197 g/mol. The highest BCUT2D eigenvalue weighted by atomic mass is 32.1. The first-order valence-electron chi connectivity index (χ1n) is 4.20. The van der Waals surface area contributed by atoms with Crippen LogP contribution >= 0.6 is 11.3 Å². The lowest BCUT2D eigenvalue weighted by atomic mass is 10.3. The number of amides is 1. The van der Waals surface area contributed by atoms with Crippen molar-refractivity contribution in [3.63, 3.8) is 0 Å². The molecule has 1 amide bonds. The predicted molar refractivity (Wildman–Crippen MR) is 50.6 cm³/mol. The van der Waals surface area contributed by atoms with Gasteiger partial charge in [-0.15, -0.1) is 11.3 Å². The third kappa shape index (κ3) is 1.71. The Hall–Kier alpha value is -0.940. The lowest BCUT2D eigenvalue weighted by Crippen LogP contribution is -2.31. The predicted octanol–water partition coefficient (Wildman–Crippen LogP) is 0.316. The van der Waals surface area contributed by atoms with Crippen molar-refractivity contribution in [1.82, 2.24) is 9.88 Å². The van der Waals surface area contributed by atoms with Crippen LogP contribution in [0.25, 0.3) is 0 Å². The smallest absolute Gasteiger partial charge is 0.265 e. The van der Waals surface area contributed by atoms with Crippen LogP contribution < -0.4 is 5.73 Å². The zero-order valence-corrected chi connectivity index (χ0v) is 7.96. The molecule has 1 aromatic heterocycles. The van der Waals surface area contributed by atoms with Gasteiger partial charge in [-0.2, -0.15) is 0 Å². The number of hydrogen-bond donors (Lipinski definition) is 1. The van der Waals surface area contributed by atoms with E-state index in [9.17, 15) is 4.79 Å². The summed E-state index contributed by atoms with van der Waals surface area (Å²) >= 11 is 1.38. The summed E-state index contributed by atoms with van der Waals surface area (Å²) in [7, 11) is 0. The molecule has 0 radical (unpaired) electrons. The fourth-order valence-corrected chi connectivity index (χ4v) is 2.04. The molecule has 0 saturated carbocycles. The van der Waals surface area contributed by atoms with Crippen LogP contribution in [0.4, 0.5) is 0 Å². The van der Waals surface area contributed by atoms with Crippen LogP contribution in [0.5, 0.6) is 0 Å². The molecule has 2 heterocycles. The van der Waals surface area contributed by atoms with Gasteiger partial charge in [0.05, 0.1) is 11.7 Å². The van der Waals surface area contributed by atoms with E-state index in [1.807, 2.05) is 0 Å². The van der Waals surface area contributed by atoms with Crippen molar-refractivity contribution in [2.24, 2.45) is 5.73 Å². The lowest BCUT2D eigenvalue weighted by Gasteiger charge is -2.13. The molecule has 2 N–H and O–H groups in total. The molecule has 0 aromatic carbocycles. The number of nitrogens with zero attached hydrogens (tertiary/aromatic N) is 2. The van der Waals surface area contributed by atoms with Gasteiger partial charge in [-0.1, -0.05) is 0 Å². The van der Waals surface area contributed by atoms with Crippen LogP contribution in [-0.4, -0.2) is 34.9 Å². The minimum atomic E-state index is 0.0652. The zero-order chi connectivity index (χ0) is 9.26. The van der Waals surface area contributed by atoms with Gasteiger partial charge in [0, 0.05) is 19.1 Å². The van der Waals surface area contributed by atoms with Gasteiger partial charge in [0.1, 0.15) is 4.88 Å². The van der Waals surface area contributed by atoms with E-state index in [1.165, 1.54) is 11.3 Å². The Morgan fingerprint density at radius 2 is 2.62 bits per heavy atom. The van der Waals surface area contributed by atoms with E-state index in [0.717, 1.165) is 13.0 Å². The summed E-state index contributed by atoms with van der Waals surface area (Å²) in [5.41, 5.74) is 7.38. The Morgan fingerprint density at radius 1 is 1.77 bits per heavy atom. The van der Waals surface area contributed by atoms with Gasteiger partial charge in [-0.05, 0) is 6.42 Å². The third-order valence-electron chi connectivity index (χ3n) is 2.16. The maximum atomic E-state index is 11.7. The summed E-state index contributed by atoms with van der Waals surface area (Å²) in [6.07, 6.45) is 2.52. The maximum Gasteiger partial charge on any atom is 0.265 e. The summed E-state index contributed by atoms with van der Waals surface area (Å²) in [6.45, 7) is 1.45. The number of aromatic nitrogens is 1. The van der Waals surface area contributed by atoms with E-state index in [2.05, 4.69) is 4.98 Å². The van der Waals surface area contributed by atoms with Crippen LogP contribution in [-0.2, 0) is 0 Å². The van der Waals surface area contributed by atoms with Crippen molar-refractivity contribution in [2.45, 2.75) is 12.5 Å². The Balaban J connectivity index is 2.06. The van der Waals surface area contributed by atoms with Crippen LogP contribution in [0, 0.1) is 0 Å². The fourth-order valence-electron chi connectivity index (χ4n) is 1.45. The normalized spacial score (nSPS) is 22.2. The number of hydrogen-bond acceptors (Lipinski definition) is 4. The summed E-state index contributed by atoms with van der Waals surface area (Å²) < 4.78 is 0. The molecule has 70 valence electrons. The van der Waals surface area contributed by atoms with Gasteiger partial charge >= 0.3 is 0 Å². The van der Waals surface area contributed by atoms with Gasteiger partial charge < -0.3 is 10.6 Å². The van der Waals surface area contributed by atoms with Gasteiger partial charge in [0.25, 0.3) is 5.91 Å². The molecular formula is C8H11N3OS. The van der Waals surface area contributed by atoms with Crippen LogP contribution in [0.15, 0.2) is 11.7 Å². The molecule has 1 fully saturated rings. The summed E-state index contributed by atoms with van der Waals surface area (Å²) in [5.74, 6) is 0.0652. The van der Waals surface area contributed by atoms with Gasteiger partial charge in [0.2, 0.25) is 0 Å². The van der Waals surface area contributed by atoms with Gasteiger partial charge in [-0.3, -0.25) is 9.78 Å². The minimum Gasteiger partial charge on any atom is -0.336 e. The molecule has 1 aliphatic heterocycles. The molecule has 0 unspecified atom stereocenters. The Kier molecular flexibility index (Phi) is 2.28. The van der Waals surface area contributed by atoms with Crippen molar-refractivity contribution in [2.75, 3.05) is 13.1 Å². The average Bonchev–Trinajstić information content (AvgIpc) is 2.72. The molecule has 0 spiro atoms. The van der Waals surface area contributed by atoms with E-state index < -0.39 is 0 Å². The molecule has 13 heavy (non-hydrogen) atoms. The first-order chi connectivity index (χ1) is 6.27. The third-order valence-corrected chi connectivity index (χ3v) is 2.92. The number of thiazole rings is 1. The van der Waals surface area contributed by atoms with E-state index in [1.54, 1.807) is 16.6 Å². The van der Waals surface area contributed by atoms with E-state index in [4.69, 9.17) is 5.73 Å². The van der Waals surface area contributed by atoms with E-state index in [0.29, 0.717) is 11.4 Å². The molecule has 0 aliphatic carbocycles. The van der Waals surface area contributed by atoms with Crippen molar-refractivity contribution in [3.8, 4) is 0 Å². The van der Waals surface area contributed by atoms with Gasteiger partial charge in [-0.25, -0.2) is 0 Å². The zero-order valence-electron chi connectivity index (χ0n) is 7.14. The Bertz CT molecular complexity index is 298. The number of likely N-dealkylation sites (tertiary alicyclic amines) is 1. The first-order valence-corrected chi connectivity index (χ1v) is 5.08. The topological polar surface area (TPSA) is 59.2 Å². The van der Waals surface area contributed by atoms with Crippen LogP contribution in [0.3, 0.4) is 0 Å². The lowest BCUT2D eigenvalue weighted by molar-refractivity contribution is 0.0795. The number of rotatable bonds is 1. The van der Waals surface area contributed by atoms with Gasteiger partial charge in [0.15, 0.2) is 0 Å². The second-order valence-corrected chi connectivity index (χ2v) is 4.05. The second kappa shape index (κ2) is 3.43. The number of carbonyl (C=O) groups excluding carboxylic acids is 1. The molecule has 5 heteroatoms.